The lowest BCUT2D eigenvalue weighted by molar-refractivity contribution is -0.181. The lowest BCUT2D eigenvalue weighted by Gasteiger charge is -2.37. The number of aromatic nitrogens is 2. The first kappa shape index (κ1) is 20.7. The zero-order valence-corrected chi connectivity index (χ0v) is 17.6. The molecule has 8 heteroatoms. The van der Waals surface area contributed by atoms with E-state index in [4.69, 9.17) is 14.2 Å². The first-order chi connectivity index (χ1) is 15.6. The van der Waals surface area contributed by atoms with Crippen molar-refractivity contribution in [3.05, 3.63) is 77.9 Å². The van der Waals surface area contributed by atoms with Crippen molar-refractivity contribution in [1.82, 2.24) is 14.7 Å². The van der Waals surface area contributed by atoms with Gasteiger partial charge in [-0.3, -0.25) is 4.79 Å². The predicted molar refractivity (Wildman–Crippen MR) is 114 cm³/mol. The van der Waals surface area contributed by atoms with Crippen molar-refractivity contribution in [1.29, 1.82) is 0 Å². The molecule has 2 aromatic carbocycles. The van der Waals surface area contributed by atoms with Crippen molar-refractivity contribution < 1.29 is 23.4 Å². The van der Waals surface area contributed by atoms with E-state index in [2.05, 4.69) is 5.10 Å². The highest BCUT2D eigenvalue weighted by Gasteiger charge is 2.41. The Morgan fingerprint density at radius 1 is 1.03 bits per heavy atom. The van der Waals surface area contributed by atoms with E-state index in [1.807, 2.05) is 30.3 Å². The number of piperidine rings is 1. The number of likely N-dealkylation sites (tertiary alicyclic amines) is 1. The van der Waals surface area contributed by atoms with Crippen LogP contribution in [-0.4, -0.2) is 52.7 Å². The number of nitrogens with zero attached hydrogens (tertiary/aromatic N) is 3. The van der Waals surface area contributed by atoms with Gasteiger partial charge in [-0.2, -0.15) is 5.10 Å². The molecule has 1 aromatic heterocycles. The maximum absolute atomic E-state index is 13.4. The van der Waals surface area contributed by atoms with Crippen molar-refractivity contribution in [2.24, 2.45) is 0 Å². The summed E-state index contributed by atoms with van der Waals surface area (Å²) in [5.41, 5.74) is 1.85. The minimum absolute atomic E-state index is 0.207. The summed E-state index contributed by atoms with van der Waals surface area (Å²) in [6.45, 7) is 2.52. The van der Waals surface area contributed by atoms with Crippen LogP contribution in [0.5, 0.6) is 5.75 Å². The maximum atomic E-state index is 13.4. The highest BCUT2D eigenvalue weighted by molar-refractivity contribution is 5.95. The zero-order chi connectivity index (χ0) is 22.0. The Morgan fingerprint density at radius 3 is 2.41 bits per heavy atom. The van der Waals surface area contributed by atoms with E-state index in [1.165, 1.54) is 12.1 Å². The van der Waals surface area contributed by atoms with Gasteiger partial charge in [0.2, 0.25) is 0 Å². The van der Waals surface area contributed by atoms with Crippen molar-refractivity contribution >= 4 is 5.91 Å². The molecule has 1 amide bonds. The van der Waals surface area contributed by atoms with Gasteiger partial charge < -0.3 is 19.1 Å². The molecule has 7 nitrogen and oxygen atoms in total. The summed E-state index contributed by atoms with van der Waals surface area (Å²) in [6.07, 6.45) is 2.91. The van der Waals surface area contributed by atoms with E-state index in [1.54, 1.807) is 27.9 Å². The smallest absolute Gasteiger partial charge is 0.278 e. The molecular weight excluding hydrogens is 413 g/mol. The molecule has 0 bridgehead atoms. The summed E-state index contributed by atoms with van der Waals surface area (Å²) in [5.74, 6) is -0.716. The lowest BCUT2D eigenvalue weighted by Crippen LogP contribution is -2.47. The second kappa shape index (κ2) is 8.72. The third-order valence-corrected chi connectivity index (χ3v) is 5.84. The second-order valence-electron chi connectivity index (χ2n) is 7.94. The van der Waals surface area contributed by atoms with Gasteiger partial charge in [-0.15, -0.1) is 0 Å². The number of ether oxygens (including phenoxy) is 3. The normalized spacial score (nSPS) is 17.6. The Kier molecular flexibility index (Phi) is 5.63. The van der Waals surface area contributed by atoms with Crippen molar-refractivity contribution in [2.45, 2.75) is 25.2 Å². The van der Waals surface area contributed by atoms with Crippen LogP contribution < -0.4 is 4.74 Å². The highest BCUT2D eigenvalue weighted by Crippen LogP contribution is 2.32. The molecule has 166 valence electrons. The van der Waals surface area contributed by atoms with E-state index < -0.39 is 5.79 Å². The van der Waals surface area contributed by atoms with Gasteiger partial charge in [-0.05, 0) is 29.8 Å². The molecule has 0 aliphatic carbocycles. The molecule has 1 spiro atoms. The average molecular weight is 437 g/mol. The standard InChI is InChI=1S/C24H24FN3O4/c25-19-6-8-20(9-7-19)28-16-21(30-17-18-4-2-1-3-5-18)22(26-28)23(29)27-12-10-24(11-13-27)31-14-15-32-24/h1-9,16H,10-15,17H2. The van der Waals surface area contributed by atoms with Gasteiger partial charge in [0.05, 0.1) is 25.1 Å². The minimum atomic E-state index is -0.559. The van der Waals surface area contributed by atoms with E-state index in [0.717, 1.165) is 5.56 Å². The van der Waals surface area contributed by atoms with Crippen LogP contribution in [0.2, 0.25) is 0 Å². The summed E-state index contributed by atoms with van der Waals surface area (Å²) in [7, 11) is 0. The van der Waals surface area contributed by atoms with Gasteiger partial charge >= 0.3 is 0 Å². The Labute approximate surface area is 185 Å². The first-order valence-electron chi connectivity index (χ1n) is 10.7. The molecule has 2 saturated heterocycles. The molecule has 32 heavy (non-hydrogen) atoms. The van der Waals surface area contributed by atoms with Crippen molar-refractivity contribution in [2.75, 3.05) is 26.3 Å². The topological polar surface area (TPSA) is 65.8 Å². The third-order valence-electron chi connectivity index (χ3n) is 5.84. The summed E-state index contributed by atoms with van der Waals surface area (Å²) in [6, 6.07) is 15.6. The Bertz CT molecular complexity index is 1070. The monoisotopic (exact) mass is 437 g/mol. The fraction of sp³-hybridized carbons (Fsp3) is 0.333. The van der Waals surface area contributed by atoms with Crippen LogP contribution in [0.15, 0.2) is 60.8 Å². The van der Waals surface area contributed by atoms with Crippen LogP contribution in [0.4, 0.5) is 4.39 Å². The molecule has 0 unspecified atom stereocenters. The lowest BCUT2D eigenvalue weighted by atomic mass is 10.0. The van der Waals surface area contributed by atoms with Gasteiger partial charge in [0, 0.05) is 25.9 Å². The van der Waals surface area contributed by atoms with Crippen LogP contribution in [0.25, 0.3) is 5.69 Å². The molecule has 2 fully saturated rings. The summed E-state index contributed by atoms with van der Waals surface area (Å²) >= 11 is 0. The van der Waals surface area contributed by atoms with Crippen LogP contribution >= 0.6 is 0 Å². The van der Waals surface area contributed by atoms with Gasteiger partial charge in [0.1, 0.15) is 12.4 Å². The first-order valence-corrected chi connectivity index (χ1v) is 10.7. The molecule has 3 aromatic rings. The molecular formula is C24H24FN3O4. The second-order valence-corrected chi connectivity index (χ2v) is 7.94. The van der Waals surface area contributed by atoms with Crippen LogP contribution in [0, 0.1) is 5.82 Å². The number of rotatable bonds is 5. The van der Waals surface area contributed by atoms with Crippen molar-refractivity contribution in [3.8, 4) is 11.4 Å². The molecule has 2 aliphatic rings. The molecule has 0 radical (unpaired) electrons. The largest absolute Gasteiger partial charge is 0.485 e. The van der Waals surface area contributed by atoms with E-state index in [-0.39, 0.29) is 17.4 Å². The molecule has 0 saturated carbocycles. The van der Waals surface area contributed by atoms with Gasteiger partial charge in [0.25, 0.3) is 5.91 Å². The van der Waals surface area contributed by atoms with Gasteiger partial charge in [-0.1, -0.05) is 30.3 Å². The Hall–Kier alpha value is -3.23. The number of hydrogen-bond donors (Lipinski definition) is 0. The van der Waals surface area contributed by atoms with E-state index in [9.17, 15) is 9.18 Å². The molecule has 5 rings (SSSR count). The number of amides is 1. The summed E-state index contributed by atoms with van der Waals surface area (Å²) < 4.78 is 32.4. The number of hydrogen-bond acceptors (Lipinski definition) is 5. The van der Waals surface area contributed by atoms with E-state index in [0.29, 0.717) is 57.2 Å². The fourth-order valence-corrected chi connectivity index (χ4v) is 4.06. The summed E-state index contributed by atoms with van der Waals surface area (Å²) in [5, 5.41) is 4.50. The number of halogens is 1. The molecule has 0 atom stereocenters. The maximum Gasteiger partial charge on any atom is 0.278 e. The van der Waals surface area contributed by atoms with Gasteiger partial charge in [-0.25, -0.2) is 9.07 Å². The Morgan fingerprint density at radius 2 is 1.72 bits per heavy atom. The number of benzene rings is 2. The average Bonchev–Trinajstić information content (AvgIpc) is 3.46. The quantitative estimate of drug-likeness (QED) is 0.611. The summed E-state index contributed by atoms with van der Waals surface area (Å²) in [4.78, 5) is 15.1. The van der Waals surface area contributed by atoms with Crippen LogP contribution in [0.3, 0.4) is 0 Å². The number of carbonyl (C=O) groups excluding carboxylic acids is 1. The predicted octanol–water partition coefficient (Wildman–Crippen LogP) is 3.57. The van der Waals surface area contributed by atoms with Crippen molar-refractivity contribution in [3.63, 3.8) is 0 Å². The number of carbonyl (C=O) groups is 1. The fourth-order valence-electron chi connectivity index (χ4n) is 4.06. The zero-order valence-electron chi connectivity index (χ0n) is 17.6. The molecule has 3 heterocycles. The molecule has 2 aliphatic heterocycles. The van der Waals surface area contributed by atoms with Crippen LogP contribution in [-0.2, 0) is 16.1 Å². The minimum Gasteiger partial charge on any atom is -0.485 e. The SMILES string of the molecule is O=C(c1nn(-c2ccc(F)cc2)cc1OCc1ccccc1)N1CCC2(CC1)OCCO2. The van der Waals surface area contributed by atoms with E-state index >= 15 is 0 Å². The Balaban J connectivity index is 1.38. The third kappa shape index (κ3) is 4.24. The highest BCUT2D eigenvalue weighted by atomic mass is 19.1. The van der Waals surface area contributed by atoms with Gasteiger partial charge in [0.15, 0.2) is 17.2 Å². The molecule has 0 N–H and O–H groups in total. The van der Waals surface area contributed by atoms with Crippen LogP contribution in [0.1, 0.15) is 28.9 Å².